The molecule has 0 aromatic heterocycles. The quantitative estimate of drug-likeness (QED) is 0.643. The van der Waals surface area contributed by atoms with Gasteiger partial charge in [-0.3, -0.25) is 0 Å². The van der Waals surface area contributed by atoms with Crippen molar-refractivity contribution >= 4 is 6.03 Å². The molecule has 0 aromatic rings. The van der Waals surface area contributed by atoms with E-state index in [2.05, 4.69) is 57.5 Å². The number of rotatable bonds is 4. The molecule has 0 unspecified atom stereocenters. The summed E-state index contributed by atoms with van der Waals surface area (Å²) in [6.07, 6.45) is 0. The van der Waals surface area contributed by atoms with E-state index in [-0.39, 0.29) is 17.0 Å². The number of urea groups is 1. The van der Waals surface area contributed by atoms with Crippen molar-refractivity contribution in [1.29, 1.82) is 0 Å². The molecule has 3 N–H and O–H groups in total. The fraction of sp³-hybridized carbons (Fsp3) is 0.917. The minimum Gasteiger partial charge on any atom is -0.338 e. The number of nitrogens with one attached hydrogen (secondary N) is 3. The molecule has 0 saturated heterocycles. The van der Waals surface area contributed by atoms with Gasteiger partial charge >= 0.3 is 6.03 Å². The first-order valence-electron chi connectivity index (χ1n) is 5.87. The lowest BCUT2D eigenvalue weighted by molar-refractivity contribution is 0.235. The van der Waals surface area contributed by atoms with Crippen molar-refractivity contribution in [2.45, 2.75) is 47.1 Å². The lowest BCUT2D eigenvalue weighted by Gasteiger charge is -2.21. The van der Waals surface area contributed by atoms with E-state index >= 15 is 0 Å². The zero-order valence-corrected chi connectivity index (χ0v) is 11.5. The van der Waals surface area contributed by atoms with Gasteiger partial charge < -0.3 is 16.0 Å². The minimum absolute atomic E-state index is 0.0920. The smallest absolute Gasteiger partial charge is 0.314 e. The Hall–Kier alpha value is -0.770. The normalized spacial score (nSPS) is 12.4. The molecule has 2 amide bonds. The number of amides is 2. The standard InChI is InChI=1S/C12H27N3O/c1-11(2,3)9-14-10(16)13-7-8-15-12(4,5)6/h15H,7-9H2,1-6H3,(H2,13,14,16). The molecule has 0 bridgehead atoms. The molecule has 0 aromatic carbocycles. The van der Waals surface area contributed by atoms with Gasteiger partial charge in [-0.25, -0.2) is 4.79 Å². The van der Waals surface area contributed by atoms with E-state index in [9.17, 15) is 4.79 Å². The molecule has 16 heavy (non-hydrogen) atoms. The molecule has 0 spiro atoms. The third kappa shape index (κ3) is 11.3. The van der Waals surface area contributed by atoms with E-state index in [0.29, 0.717) is 13.1 Å². The van der Waals surface area contributed by atoms with Gasteiger partial charge in [0.2, 0.25) is 0 Å². The molecule has 0 rings (SSSR count). The minimum atomic E-state index is -0.0920. The summed E-state index contributed by atoms with van der Waals surface area (Å²) in [4.78, 5) is 11.4. The molecular formula is C12H27N3O. The van der Waals surface area contributed by atoms with Crippen LogP contribution < -0.4 is 16.0 Å². The number of hydrogen-bond acceptors (Lipinski definition) is 2. The third-order valence-corrected chi connectivity index (χ3v) is 1.85. The average molecular weight is 229 g/mol. The Kier molecular flexibility index (Phi) is 5.79. The Bertz CT molecular complexity index is 213. The Morgan fingerprint density at radius 1 is 0.938 bits per heavy atom. The summed E-state index contributed by atoms with van der Waals surface area (Å²) in [6, 6.07) is -0.0920. The van der Waals surface area contributed by atoms with Gasteiger partial charge in [-0.2, -0.15) is 0 Å². The number of carbonyl (C=O) groups excluding carboxylic acids is 1. The Morgan fingerprint density at radius 3 is 1.94 bits per heavy atom. The molecule has 4 nitrogen and oxygen atoms in total. The second kappa shape index (κ2) is 6.09. The van der Waals surface area contributed by atoms with Crippen LogP contribution in [0.15, 0.2) is 0 Å². The average Bonchev–Trinajstić information content (AvgIpc) is 2.06. The fourth-order valence-electron chi connectivity index (χ4n) is 1.02. The maximum absolute atomic E-state index is 11.4. The highest BCUT2D eigenvalue weighted by Crippen LogP contribution is 2.09. The van der Waals surface area contributed by atoms with Gasteiger partial charge in [0.15, 0.2) is 0 Å². The van der Waals surface area contributed by atoms with Crippen LogP contribution in [0.4, 0.5) is 4.79 Å². The van der Waals surface area contributed by atoms with Gasteiger partial charge in [0, 0.05) is 25.2 Å². The highest BCUT2D eigenvalue weighted by molar-refractivity contribution is 5.73. The van der Waals surface area contributed by atoms with Crippen LogP contribution >= 0.6 is 0 Å². The van der Waals surface area contributed by atoms with Crippen LogP contribution in [-0.2, 0) is 0 Å². The number of hydrogen-bond donors (Lipinski definition) is 3. The number of carbonyl (C=O) groups is 1. The zero-order chi connectivity index (χ0) is 12.8. The van der Waals surface area contributed by atoms with Crippen LogP contribution in [0.3, 0.4) is 0 Å². The summed E-state index contributed by atoms with van der Waals surface area (Å²) in [5.74, 6) is 0. The largest absolute Gasteiger partial charge is 0.338 e. The summed E-state index contributed by atoms with van der Waals surface area (Å²) in [5.41, 5.74) is 0.227. The van der Waals surface area contributed by atoms with Gasteiger partial charge in [-0.1, -0.05) is 20.8 Å². The Labute approximate surface area is 99.6 Å². The second-order valence-corrected chi connectivity index (χ2v) is 6.35. The first kappa shape index (κ1) is 15.2. The van der Waals surface area contributed by atoms with Crippen molar-refractivity contribution in [3.63, 3.8) is 0 Å². The van der Waals surface area contributed by atoms with Gasteiger partial charge in [-0.05, 0) is 26.2 Å². The molecule has 0 radical (unpaired) electrons. The first-order valence-corrected chi connectivity index (χ1v) is 5.87. The summed E-state index contributed by atoms with van der Waals surface area (Å²) in [7, 11) is 0. The predicted molar refractivity (Wildman–Crippen MR) is 68.6 cm³/mol. The maximum Gasteiger partial charge on any atom is 0.314 e. The van der Waals surface area contributed by atoms with Gasteiger partial charge in [0.05, 0.1) is 0 Å². The topological polar surface area (TPSA) is 53.2 Å². The molecule has 0 saturated carbocycles. The highest BCUT2D eigenvalue weighted by Gasteiger charge is 2.11. The van der Waals surface area contributed by atoms with Crippen LogP contribution in [0, 0.1) is 5.41 Å². The molecular weight excluding hydrogens is 202 g/mol. The van der Waals surface area contributed by atoms with Crippen LogP contribution in [0.5, 0.6) is 0 Å². The van der Waals surface area contributed by atoms with Crippen molar-refractivity contribution in [1.82, 2.24) is 16.0 Å². The van der Waals surface area contributed by atoms with Gasteiger partial charge in [-0.15, -0.1) is 0 Å². The second-order valence-electron chi connectivity index (χ2n) is 6.35. The Morgan fingerprint density at radius 2 is 1.50 bits per heavy atom. The van der Waals surface area contributed by atoms with Crippen molar-refractivity contribution in [2.75, 3.05) is 19.6 Å². The van der Waals surface area contributed by atoms with E-state index in [0.717, 1.165) is 6.54 Å². The SMILES string of the molecule is CC(C)(C)CNC(=O)NCCNC(C)(C)C. The monoisotopic (exact) mass is 229 g/mol. The van der Waals surface area contributed by atoms with Crippen LogP contribution in [0.1, 0.15) is 41.5 Å². The third-order valence-electron chi connectivity index (χ3n) is 1.85. The van der Waals surface area contributed by atoms with Crippen LogP contribution in [-0.4, -0.2) is 31.2 Å². The van der Waals surface area contributed by atoms with E-state index in [1.165, 1.54) is 0 Å². The molecule has 0 aliphatic heterocycles. The first-order chi connectivity index (χ1) is 7.10. The fourth-order valence-corrected chi connectivity index (χ4v) is 1.02. The molecule has 0 atom stereocenters. The van der Waals surface area contributed by atoms with Crippen molar-refractivity contribution in [3.8, 4) is 0 Å². The van der Waals surface area contributed by atoms with Crippen molar-refractivity contribution in [2.24, 2.45) is 5.41 Å². The molecule has 0 heterocycles. The highest BCUT2D eigenvalue weighted by atomic mass is 16.2. The maximum atomic E-state index is 11.4. The molecule has 0 aliphatic rings. The van der Waals surface area contributed by atoms with E-state index in [4.69, 9.17) is 0 Å². The summed E-state index contributed by atoms with van der Waals surface area (Å²) >= 11 is 0. The van der Waals surface area contributed by atoms with Crippen LogP contribution in [0.2, 0.25) is 0 Å². The van der Waals surface area contributed by atoms with E-state index < -0.39 is 0 Å². The van der Waals surface area contributed by atoms with Gasteiger partial charge in [0.25, 0.3) is 0 Å². The van der Waals surface area contributed by atoms with Crippen molar-refractivity contribution in [3.05, 3.63) is 0 Å². The molecule has 0 fully saturated rings. The lowest BCUT2D eigenvalue weighted by Crippen LogP contribution is -2.45. The van der Waals surface area contributed by atoms with Crippen LogP contribution in [0.25, 0.3) is 0 Å². The molecule has 0 aliphatic carbocycles. The van der Waals surface area contributed by atoms with Crippen molar-refractivity contribution < 1.29 is 4.79 Å². The van der Waals surface area contributed by atoms with E-state index in [1.54, 1.807) is 0 Å². The van der Waals surface area contributed by atoms with E-state index in [1.807, 2.05) is 0 Å². The molecule has 4 heteroatoms. The zero-order valence-electron chi connectivity index (χ0n) is 11.5. The molecule has 96 valence electrons. The summed E-state index contributed by atoms with van der Waals surface area (Å²) in [6.45, 7) is 14.7. The van der Waals surface area contributed by atoms with Gasteiger partial charge in [0.1, 0.15) is 0 Å². The Balaban J connectivity index is 3.52. The lowest BCUT2D eigenvalue weighted by atomic mass is 9.97. The summed E-state index contributed by atoms with van der Waals surface area (Å²) < 4.78 is 0. The predicted octanol–water partition coefficient (Wildman–Crippen LogP) is 1.72. The summed E-state index contributed by atoms with van der Waals surface area (Å²) in [5, 5.41) is 8.96.